The van der Waals surface area contributed by atoms with Crippen LogP contribution in [0.3, 0.4) is 0 Å². The first kappa shape index (κ1) is 14.2. The lowest BCUT2D eigenvalue weighted by molar-refractivity contribution is 1.27. The van der Waals surface area contributed by atoms with E-state index in [0.717, 1.165) is 21.5 Å². The highest BCUT2D eigenvalue weighted by Gasteiger charge is 2.14. The molecule has 0 radical (unpaired) electrons. The van der Waals surface area contributed by atoms with Crippen LogP contribution in [0, 0.1) is 0 Å². The minimum absolute atomic E-state index is 0.713. The van der Waals surface area contributed by atoms with Gasteiger partial charge in [0.25, 0.3) is 0 Å². The molecule has 0 amide bonds. The molecule has 0 aromatic heterocycles. The SMILES string of the molecule is Clc1ccc(Br)c(N(c2ccccc2)c2ccccc2)c1. The van der Waals surface area contributed by atoms with Crippen molar-refractivity contribution in [2.45, 2.75) is 0 Å². The summed E-state index contributed by atoms with van der Waals surface area (Å²) >= 11 is 9.81. The molecule has 0 saturated heterocycles. The van der Waals surface area contributed by atoms with E-state index in [4.69, 9.17) is 11.6 Å². The Labute approximate surface area is 137 Å². The fourth-order valence-electron chi connectivity index (χ4n) is 2.24. The zero-order chi connectivity index (χ0) is 14.7. The number of benzene rings is 3. The summed E-state index contributed by atoms with van der Waals surface area (Å²) in [6.07, 6.45) is 0. The summed E-state index contributed by atoms with van der Waals surface area (Å²) in [4.78, 5) is 2.18. The Morgan fingerprint density at radius 1 is 0.714 bits per heavy atom. The van der Waals surface area contributed by atoms with Gasteiger partial charge in [0.05, 0.1) is 5.69 Å². The van der Waals surface area contributed by atoms with Gasteiger partial charge in [0.1, 0.15) is 0 Å². The van der Waals surface area contributed by atoms with Crippen molar-refractivity contribution in [1.29, 1.82) is 0 Å². The molecule has 3 heteroatoms. The lowest BCUT2D eigenvalue weighted by atomic mass is 10.2. The third-order valence-corrected chi connectivity index (χ3v) is 4.08. The van der Waals surface area contributed by atoms with Crippen molar-refractivity contribution in [3.05, 3.63) is 88.4 Å². The van der Waals surface area contributed by atoms with Crippen LogP contribution in [-0.4, -0.2) is 0 Å². The van der Waals surface area contributed by atoms with Gasteiger partial charge < -0.3 is 4.90 Å². The Bertz CT molecular complexity index is 689. The fraction of sp³-hybridized carbons (Fsp3) is 0. The van der Waals surface area contributed by atoms with Crippen molar-refractivity contribution in [2.24, 2.45) is 0 Å². The number of rotatable bonds is 3. The first-order chi connectivity index (χ1) is 10.3. The largest absolute Gasteiger partial charge is 0.309 e. The first-order valence-electron chi connectivity index (χ1n) is 6.61. The van der Waals surface area contributed by atoms with Crippen LogP contribution in [0.1, 0.15) is 0 Å². The first-order valence-corrected chi connectivity index (χ1v) is 7.78. The minimum atomic E-state index is 0.713. The van der Waals surface area contributed by atoms with E-state index < -0.39 is 0 Å². The molecule has 0 saturated carbocycles. The Balaban J connectivity index is 2.20. The van der Waals surface area contributed by atoms with E-state index in [1.807, 2.05) is 54.6 Å². The summed E-state index contributed by atoms with van der Waals surface area (Å²) in [6, 6.07) is 26.3. The molecule has 0 aliphatic carbocycles. The molecule has 0 bridgehead atoms. The van der Waals surface area contributed by atoms with Gasteiger partial charge in [0, 0.05) is 20.9 Å². The zero-order valence-corrected chi connectivity index (χ0v) is 13.6. The van der Waals surface area contributed by atoms with E-state index in [1.165, 1.54) is 0 Å². The molecule has 104 valence electrons. The second kappa shape index (κ2) is 6.33. The second-order valence-electron chi connectivity index (χ2n) is 4.60. The smallest absolute Gasteiger partial charge is 0.0618 e. The molecule has 3 aromatic rings. The van der Waals surface area contributed by atoms with Crippen LogP contribution in [0.25, 0.3) is 0 Å². The second-order valence-corrected chi connectivity index (χ2v) is 5.89. The minimum Gasteiger partial charge on any atom is -0.309 e. The topological polar surface area (TPSA) is 3.24 Å². The highest BCUT2D eigenvalue weighted by molar-refractivity contribution is 9.10. The van der Waals surface area contributed by atoms with Crippen LogP contribution in [0.4, 0.5) is 17.1 Å². The van der Waals surface area contributed by atoms with Crippen molar-refractivity contribution in [3.8, 4) is 0 Å². The fourth-order valence-corrected chi connectivity index (χ4v) is 2.83. The van der Waals surface area contributed by atoms with E-state index >= 15 is 0 Å². The zero-order valence-electron chi connectivity index (χ0n) is 11.2. The number of hydrogen-bond acceptors (Lipinski definition) is 1. The lowest BCUT2D eigenvalue weighted by Gasteiger charge is -2.26. The molecule has 0 N–H and O–H groups in total. The molecule has 21 heavy (non-hydrogen) atoms. The van der Waals surface area contributed by atoms with Gasteiger partial charge in [-0.05, 0) is 58.4 Å². The summed E-state index contributed by atoms with van der Waals surface area (Å²) in [5.74, 6) is 0. The van der Waals surface area contributed by atoms with Crippen molar-refractivity contribution in [3.63, 3.8) is 0 Å². The van der Waals surface area contributed by atoms with Gasteiger partial charge in [-0.2, -0.15) is 0 Å². The van der Waals surface area contributed by atoms with Gasteiger partial charge in [0.2, 0.25) is 0 Å². The quantitative estimate of drug-likeness (QED) is 0.511. The number of para-hydroxylation sites is 2. The van der Waals surface area contributed by atoms with Gasteiger partial charge in [-0.1, -0.05) is 48.0 Å². The molecule has 0 atom stereocenters. The predicted molar refractivity (Wildman–Crippen MR) is 93.8 cm³/mol. The summed E-state index contributed by atoms with van der Waals surface area (Å²) in [6.45, 7) is 0. The van der Waals surface area contributed by atoms with Gasteiger partial charge in [-0.15, -0.1) is 0 Å². The molecule has 0 aliphatic heterocycles. The van der Waals surface area contributed by atoms with Crippen LogP contribution in [0.2, 0.25) is 5.02 Å². The van der Waals surface area contributed by atoms with Crippen molar-refractivity contribution >= 4 is 44.6 Å². The highest BCUT2D eigenvalue weighted by atomic mass is 79.9. The van der Waals surface area contributed by atoms with Crippen molar-refractivity contribution in [1.82, 2.24) is 0 Å². The summed E-state index contributed by atoms with van der Waals surface area (Å²) in [5.41, 5.74) is 3.19. The van der Waals surface area contributed by atoms with E-state index in [9.17, 15) is 0 Å². The standard InChI is InChI=1S/C18H13BrClN/c19-17-12-11-14(20)13-18(17)21(15-7-3-1-4-8-15)16-9-5-2-6-10-16/h1-13H. The van der Waals surface area contributed by atoms with E-state index in [2.05, 4.69) is 45.1 Å². The summed E-state index contributed by atoms with van der Waals surface area (Å²) in [7, 11) is 0. The Kier molecular flexibility index (Phi) is 4.28. The van der Waals surface area contributed by atoms with E-state index in [0.29, 0.717) is 5.02 Å². The van der Waals surface area contributed by atoms with Gasteiger partial charge in [0.15, 0.2) is 0 Å². The van der Waals surface area contributed by atoms with Crippen LogP contribution in [0.5, 0.6) is 0 Å². The van der Waals surface area contributed by atoms with Crippen LogP contribution < -0.4 is 4.90 Å². The maximum absolute atomic E-state index is 6.19. The van der Waals surface area contributed by atoms with Crippen molar-refractivity contribution in [2.75, 3.05) is 4.90 Å². The Morgan fingerprint density at radius 2 is 1.24 bits per heavy atom. The monoisotopic (exact) mass is 357 g/mol. The normalized spacial score (nSPS) is 10.4. The predicted octanol–water partition coefficient (Wildman–Crippen LogP) is 6.57. The Hall–Kier alpha value is -1.77. The lowest BCUT2D eigenvalue weighted by Crippen LogP contribution is -2.10. The average molecular weight is 359 g/mol. The third-order valence-electron chi connectivity index (χ3n) is 3.18. The number of nitrogens with zero attached hydrogens (tertiary/aromatic N) is 1. The van der Waals surface area contributed by atoms with Crippen LogP contribution in [0.15, 0.2) is 83.3 Å². The number of halogens is 2. The van der Waals surface area contributed by atoms with Gasteiger partial charge >= 0.3 is 0 Å². The van der Waals surface area contributed by atoms with E-state index in [1.54, 1.807) is 0 Å². The molecular weight excluding hydrogens is 346 g/mol. The molecule has 0 fully saturated rings. The molecule has 1 nitrogen and oxygen atoms in total. The van der Waals surface area contributed by atoms with Gasteiger partial charge in [-0.3, -0.25) is 0 Å². The molecule has 0 heterocycles. The molecule has 0 spiro atoms. The summed E-state index contributed by atoms with van der Waals surface area (Å²) < 4.78 is 1.000. The Morgan fingerprint density at radius 3 is 1.76 bits per heavy atom. The molecular formula is C18H13BrClN. The van der Waals surface area contributed by atoms with Crippen LogP contribution in [-0.2, 0) is 0 Å². The number of hydrogen-bond donors (Lipinski definition) is 0. The summed E-state index contributed by atoms with van der Waals surface area (Å²) in [5, 5.41) is 0.713. The molecule has 0 aliphatic rings. The van der Waals surface area contributed by atoms with Gasteiger partial charge in [-0.25, -0.2) is 0 Å². The molecule has 3 rings (SSSR count). The third kappa shape index (κ3) is 3.12. The van der Waals surface area contributed by atoms with E-state index in [-0.39, 0.29) is 0 Å². The van der Waals surface area contributed by atoms with Crippen LogP contribution >= 0.6 is 27.5 Å². The average Bonchev–Trinajstić information content (AvgIpc) is 2.53. The highest BCUT2D eigenvalue weighted by Crippen LogP contribution is 2.39. The molecule has 3 aromatic carbocycles. The van der Waals surface area contributed by atoms with Crippen molar-refractivity contribution < 1.29 is 0 Å². The maximum Gasteiger partial charge on any atom is 0.0618 e. The number of anilines is 3. The molecule has 0 unspecified atom stereocenters. The maximum atomic E-state index is 6.19.